The Bertz CT molecular complexity index is 591. The van der Waals surface area contributed by atoms with E-state index in [9.17, 15) is 9.59 Å². The second-order valence-electron chi connectivity index (χ2n) is 4.72. The first kappa shape index (κ1) is 12.1. The Balaban J connectivity index is 2.13. The van der Waals surface area contributed by atoms with Crippen LogP contribution in [0.4, 0.5) is 0 Å². The minimum Gasteiger partial charge on any atom is -0.294 e. The maximum Gasteiger partial charge on any atom is 0.167 e. The molecule has 0 spiro atoms. The van der Waals surface area contributed by atoms with Gasteiger partial charge < -0.3 is 0 Å². The van der Waals surface area contributed by atoms with Crippen molar-refractivity contribution in [1.82, 2.24) is 0 Å². The van der Waals surface area contributed by atoms with Gasteiger partial charge in [-0.05, 0) is 35.5 Å². The van der Waals surface area contributed by atoms with E-state index in [4.69, 9.17) is 11.6 Å². The lowest BCUT2D eigenvalue weighted by molar-refractivity contribution is 0.0728. The van der Waals surface area contributed by atoms with Crippen molar-refractivity contribution in [3.05, 3.63) is 44.9 Å². The smallest absolute Gasteiger partial charge is 0.167 e. The monoisotopic (exact) mass is 324 g/mol. The third kappa shape index (κ3) is 1.77. The molecule has 0 radical (unpaired) electrons. The van der Waals surface area contributed by atoms with Gasteiger partial charge in [0.1, 0.15) is 0 Å². The molecule has 2 nitrogen and oxygen atoms in total. The van der Waals surface area contributed by atoms with Crippen LogP contribution in [-0.4, -0.2) is 11.6 Å². The van der Waals surface area contributed by atoms with Gasteiger partial charge >= 0.3 is 0 Å². The fourth-order valence-corrected chi connectivity index (χ4v) is 3.46. The molecule has 2 atom stereocenters. The van der Waals surface area contributed by atoms with Gasteiger partial charge in [0, 0.05) is 28.0 Å². The molecule has 0 bridgehead atoms. The number of fused-ring (bicyclic) bond motifs is 2. The number of rotatable bonds is 0. The lowest BCUT2D eigenvalue weighted by atomic mass is 9.69. The largest absolute Gasteiger partial charge is 0.294 e. The second-order valence-corrected chi connectivity index (χ2v) is 6.18. The van der Waals surface area contributed by atoms with E-state index in [1.54, 1.807) is 18.2 Å². The van der Waals surface area contributed by atoms with Crippen LogP contribution in [0.1, 0.15) is 33.6 Å². The molecule has 0 saturated carbocycles. The molecular weight excluding hydrogens is 316 g/mol. The zero-order valence-electron chi connectivity index (χ0n) is 9.45. The van der Waals surface area contributed by atoms with E-state index in [1.807, 2.05) is 6.08 Å². The van der Waals surface area contributed by atoms with Gasteiger partial charge in [-0.25, -0.2) is 0 Å². The molecule has 1 aromatic rings. The Hall–Kier alpha value is -0.930. The summed E-state index contributed by atoms with van der Waals surface area (Å²) < 4.78 is 1.02. The molecule has 0 heterocycles. The molecule has 92 valence electrons. The maximum absolute atomic E-state index is 12.4. The van der Waals surface area contributed by atoms with E-state index in [2.05, 4.69) is 15.9 Å². The van der Waals surface area contributed by atoms with Crippen LogP contribution in [0.5, 0.6) is 0 Å². The maximum atomic E-state index is 12.4. The molecule has 0 N–H and O–H groups in total. The predicted octanol–water partition coefficient (Wildman–Crippen LogP) is 4.02. The molecule has 2 unspecified atom stereocenters. The number of Topliss-reactive ketones (excluding diaryl/α,β-unsaturated/α-hetero) is 2. The molecule has 1 aromatic carbocycles. The Morgan fingerprint density at radius 1 is 1.11 bits per heavy atom. The van der Waals surface area contributed by atoms with Gasteiger partial charge in [-0.15, -0.1) is 0 Å². The molecule has 2 aliphatic carbocycles. The van der Waals surface area contributed by atoms with Crippen molar-refractivity contribution >= 4 is 39.1 Å². The van der Waals surface area contributed by atoms with Gasteiger partial charge in [0.2, 0.25) is 0 Å². The van der Waals surface area contributed by atoms with Crippen LogP contribution in [0.25, 0.3) is 0 Å². The number of benzene rings is 1. The van der Waals surface area contributed by atoms with E-state index < -0.39 is 0 Å². The molecule has 0 aliphatic heterocycles. The van der Waals surface area contributed by atoms with Crippen molar-refractivity contribution in [2.75, 3.05) is 0 Å². The Labute approximate surface area is 118 Å². The lowest BCUT2D eigenvalue weighted by Gasteiger charge is -2.32. The van der Waals surface area contributed by atoms with Gasteiger partial charge in [-0.2, -0.15) is 0 Å². The standard InChI is InChI=1S/C14H10BrClO2/c15-7-1-3-9-11(5-7)13(17)10-4-2-8(16)6-12(10)14(9)18/h1-2,4,6,9,11H,3,5H2. The van der Waals surface area contributed by atoms with Crippen LogP contribution in [-0.2, 0) is 0 Å². The third-order valence-corrected chi connectivity index (χ3v) is 4.56. The summed E-state index contributed by atoms with van der Waals surface area (Å²) >= 11 is 9.33. The number of hydrogen-bond acceptors (Lipinski definition) is 2. The van der Waals surface area contributed by atoms with E-state index in [0.717, 1.165) is 4.48 Å². The van der Waals surface area contributed by atoms with Crippen molar-refractivity contribution < 1.29 is 9.59 Å². The number of allylic oxidation sites excluding steroid dienone is 2. The topological polar surface area (TPSA) is 34.1 Å². The Kier molecular flexibility index (Phi) is 2.91. The molecule has 0 fully saturated rings. The molecule has 3 rings (SSSR count). The lowest BCUT2D eigenvalue weighted by Crippen LogP contribution is -2.37. The van der Waals surface area contributed by atoms with E-state index in [1.165, 1.54) is 0 Å². The summed E-state index contributed by atoms with van der Waals surface area (Å²) in [4.78, 5) is 24.8. The summed E-state index contributed by atoms with van der Waals surface area (Å²) in [7, 11) is 0. The van der Waals surface area contributed by atoms with Gasteiger partial charge in [0.05, 0.1) is 0 Å². The average molecular weight is 326 g/mol. The summed E-state index contributed by atoms with van der Waals surface area (Å²) in [6.45, 7) is 0. The zero-order valence-corrected chi connectivity index (χ0v) is 11.8. The highest BCUT2D eigenvalue weighted by Crippen LogP contribution is 2.41. The van der Waals surface area contributed by atoms with Gasteiger partial charge in [-0.1, -0.05) is 33.6 Å². The quantitative estimate of drug-likeness (QED) is 0.722. The highest BCUT2D eigenvalue weighted by molar-refractivity contribution is 9.11. The minimum absolute atomic E-state index is 0.0494. The van der Waals surface area contributed by atoms with Gasteiger partial charge in [-0.3, -0.25) is 9.59 Å². The third-order valence-electron chi connectivity index (χ3n) is 3.68. The molecule has 0 amide bonds. The highest BCUT2D eigenvalue weighted by atomic mass is 79.9. The zero-order chi connectivity index (χ0) is 12.9. The molecule has 2 aliphatic rings. The predicted molar refractivity (Wildman–Crippen MR) is 73.3 cm³/mol. The number of carbonyl (C=O) groups is 2. The fraction of sp³-hybridized carbons (Fsp3) is 0.286. The highest BCUT2D eigenvalue weighted by Gasteiger charge is 2.42. The first-order chi connectivity index (χ1) is 8.58. The van der Waals surface area contributed by atoms with Gasteiger partial charge in [0.25, 0.3) is 0 Å². The van der Waals surface area contributed by atoms with Crippen LogP contribution in [0.2, 0.25) is 5.02 Å². The van der Waals surface area contributed by atoms with Crippen LogP contribution in [0.15, 0.2) is 28.8 Å². The van der Waals surface area contributed by atoms with Gasteiger partial charge in [0.15, 0.2) is 11.6 Å². The van der Waals surface area contributed by atoms with E-state index in [0.29, 0.717) is 29.0 Å². The minimum atomic E-state index is -0.218. The van der Waals surface area contributed by atoms with Crippen LogP contribution >= 0.6 is 27.5 Å². The van der Waals surface area contributed by atoms with Crippen molar-refractivity contribution in [2.24, 2.45) is 11.8 Å². The molecular formula is C14H10BrClO2. The van der Waals surface area contributed by atoms with Crippen molar-refractivity contribution in [3.8, 4) is 0 Å². The first-order valence-corrected chi connectivity index (χ1v) is 6.97. The van der Waals surface area contributed by atoms with E-state index >= 15 is 0 Å². The summed E-state index contributed by atoms with van der Waals surface area (Å²) in [6.07, 6.45) is 3.24. The average Bonchev–Trinajstić information content (AvgIpc) is 2.36. The normalized spacial score (nSPS) is 26.4. The molecule has 0 saturated heterocycles. The molecule has 0 aromatic heterocycles. The Morgan fingerprint density at radius 2 is 1.83 bits per heavy atom. The molecule has 4 heteroatoms. The number of carbonyl (C=O) groups excluding carboxylic acids is 2. The fourth-order valence-electron chi connectivity index (χ4n) is 2.75. The van der Waals surface area contributed by atoms with Crippen molar-refractivity contribution in [3.63, 3.8) is 0 Å². The summed E-state index contributed by atoms with van der Waals surface area (Å²) in [5, 5.41) is 0.501. The number of ketones is 2. The van der Waals surface area contributed by atoms with Crippen molar-refractivity contribution in [2.45, 2.75) is 12.8 Å². The van der Waals surface area contributed by atoms with Crippen LogP contribution < -0.4 is 0 Å². The van der Waals surface area contributed by atoms with E-state index in [-0.39, 0.29) is 23.4 Å². The second kappa shape index (κ2) is 4.32. The van der Waals surface area contributed by atoms with Crippen molar-refractivity contribution in [1.29, 1.82) is 0 Å². The molecule has 18 heavy (non-hydrogen) atoms. The summed E-state index contributed by atoms with van der Waals surface area (Å²) in [6, 6.07) is 4.95. The number of halogens is 2. The Morgan fingerprint density at radius 3 is 2.61 bits per heavy atom. The van der Waals surface area contributed by atoms with Crippen LogP contribution in [0, 0.1) is 11.8 Å². The summed E-state index contributed by atoms with van der Waals surface area (Å²) in [5.41, 5.74) is 1.01. The first-order valence-electron chi connectivity index (χ1n) is 5.80. The van der Waals surface area contributed by atoms with Crippen LogP contribution in [0.3, 0.4) is 0 Å². The SMILES string of the molecule is O=C1c2cc(Cl)ccc2C(=O)C2CC(Br)=CCC12. The summed E-state index contributed by atoms with van der Waals surface area (Å²) in [5.74, 6) is -0.319. The number of hydrogen-bond donors (Lipinski definition) is 0.